The maximum atomic E-state index is 12.5. The van der Waals surface area contributed by atoms with Crippen LogP contribution in [0.5, 0.6) is 5.75 Å². The second-order valence-corrected chi connectivity index (χ2v) is 6.91. The summed E-state index contributed by atoms with van der Waals surface area (Å²) in [5.41, 5.74) is 6.62. The molecule has 0 bridgehead atoms. The number of nitrogens with zero attached hydrogens (tertiary/aromatic N) is 3. The van der Waals surface area contributed by atoms with Gasteiger partial charge in [0.2, 0.25) is 0 Å². The normalized spacial score (nSPS) is 10.9. The lowest BCUT2D eigenvalue weighted by atomic mass is 10.1. The Morgan fingerprint density at radius 1 is 1.14 bits per heavy atom. The third-order valence-electron chi connectivity index (χ3n) is 4.19. The van der Waals surface area contributed by atoms with Crippen LogP contribution in [0.3, 0.4) is 0 Å². The van der Waals surface area contributed by atoms with E-state index in [1.54, 1.807) is 29.9 Å². The molecular weight excluding hydrogens is 382 g/mol. The molecule has 3 rings (SSSR count). The smallest absolute Gasteiger partial charge is 0.273 e. The van der Waals surface area contributed by atoms with E-state index in [-0.39, 0.29) is 11.6 Å². The van der Waals surface area contributed by atoms with E-state index in [2.05, 4.69) is 20.9 Å². The number of carbonyl (C=O) groups is 2. The van der Waals surface area contributed by atoms with Gasteiger partial charge in [-0.25, -0.2) is 9.67 Å². The van der Waals surface area contributed by atoms with Crippen LogP contribution in [0, 0.1) is 6.92 Å². The molecule has 0 unspecified atom stereocenters. The first kappa shape index (κ1) is 19.6. The first-order valence-electron chi connectivity index (χ1n) is 8.61. The van der Waals surface area contributed by atoms with E-state index < -0.39 is 11.8 Å². The molecule has 0 spiro atoms. The van der Waals surface area contributed by atoms with Crippen LogP contribution in [-0.2, 0) is 0 Å². The maximum Gasteiger partial charge on any atom is 0.273 e. The third-order valence-corrected chi connectivity index (χ3v) is 4.43. The van der Waals surface area contributed by atoms with E-state index in [4.69, 9.17) is 16.3 Å². The SMILES string of the molecule is COc1cc(Cl)ccc1C(=O)NNC(=O)c1cc2cnn(C(C)C)c2nc1C. The van der Waals surface area contributed by atoms with Gasteiger partial charge in [-0.05, 0) is 45.0 Å². The van der Waals surface area contributed by atoms with Crippen LogP contribution in [-0.4, -0.2) is 33.7 Å². The Hall–Kier alpha value is -3.13. The van der Waals surface area contributed by atoms with Crippen molar-refractivity contribution in [2.45, 2.75) is 26.8 Å². The summed E-state index contributed by atoms with van der Waals surface area (Å²) in [4.78, 5) is 29.4. The summed E-state index contributed by atoms with van der Waals surface area (Å²) in [5, 5.41) is 5.49. The predicted octanol–water partition coefficient (Wildman–Crippen LogP) is 3.06. The topological polar surface area (TPSA) is 98.1 Å². The average molecular weight is 402 g/mol. The van der Waals surface area contributed by atoms with E-state index in [9.17, 15) is 9.59 Å². The van der Waals surface area contributed by atoms with Gasteiger partial charge in [0.25, 0.3) is 11.8 Å². The Kier molecular flexibility index (Phi) is 5.51. The molecule has 2 amide bonds. The summed E-state index contributed by atoms with van der Waals surface area (Å²) in [7, 11) is 1.43. The second-order valence-electron chi connectivity index (χ2n) is 6.47. The monoisotopic (exact) mass is 401 g/mol. The predicted molar refractivity (Wildman–Crippen MR) is 106 cm³/mol. The molecule has 0 radical (unpaired) electrons. The molecule has 9 heteroatoms. The molecule has 0 aliphatic heterocycles. The van der Waals surface area contributed by atoms with Gasteiger partial charge in [0.05, 0.1) is 30.1 Å². The van der Waals surface area contributed by atoms with E-state index in [1.165, 1.54) is 19.2 Å². The second kappa shape index (κ2) is 7.85. The number of fused-ring (bicyclic) bond motifs is 1. The highest BCUT2D eigenvalue weighted by Gasteiger charge is 2.17. The fraction of sp³-hybridized carbons (Fsp3) is 0.263. The van der Waals surface area contributed by atoms with Gasteiger partial charge in [-0.2, -0.15) is 5.10 Å². The first-order valence-corrected chi connectivity index (χ1v) is 8.98. The van der Waals surface area contributed by atoms with Crippen LogP contribution < -0.4 is 15.6 Å². The van der Waals surface area contributed by atoms with E-state index in [0.29, 0.717) is 27.7 Å². The largest absolute Gasteiger partial charge is 0.496 e. The summed E-state index contributed by atoms with van der Waals surface area (Å²) in [6, 6.07) is 6.45. The number of hydrazine groups is 1. The molecule has 146 valence electrons. The lowest BCUT2D eigenvalue weighted by Crippen LogP contribution is -2.42. The number of hydrogen-bond acceptors (Lipinski definition) is 5. The van der Waals surface area contributed by atoms with Crippen molar-refractivity contribution in [1.82, 2.24) is 25.6 Å². The molecule has 0 aliphatic carbocycles. The zero-order valence-electron chi connectivity index (χ0n) is 15.9. The van der Waals surface area contributed by atoms with Crippen molar-refractivity contribution in [3.8, 4) is 5.75 Å². The number of hydrogen-bond donors (Lipinski definition) is 2. The van der Waals surface area contributed by atoms with Crippen LogP contribution in [0.15, 0.2) is 30.5 Å². The number of halogens is 1. The summed E-state index contributed by atoms with van der Waals surface area (Å²) in [6.07, 6.45) is 1.66. The number of aromatic nitrogens is 3. The van der Waals surface area contributed by atoms with E-state index in [0.717, 1.165) is 5.39 Å². The highest BCUT2D eigenvalue weighted by molar-refractivity contribution is 6.30. The number of rotatable bonds is 4. The maximum absolute atomic E-state index is 12.5. The average Bonchev–Trinajstić information content (AvgIpc) is 3.07. The van der Waals surface area contributed by atoms with Crippen molar-refractivity contribution in [3.63, 3.8) is 0 Å². The zero-order valence-corrected chi connectivity index (χ0v) is 16.7. The van der Waals surface area contributed by atoms with Crippen molar-refractivity contribution < 1.29 is 14.3 Å². The highest BCUT2D eigenvalue weighted by atomic mass is 35.5. The minimum atomic E-state index is -0.527. The van der Waals surface area contributed by atoms with Gasteiger partial charge < -0.3 is 4.74 Å². The minimum Gasteiger partial charge on any atom is -0.496 e. The summed E-state index contributed by atoms with van der Waals surface area (Å²) in [6.45, 7) is 5.74. The Morgan fingerprint density at radius 3 is 2.46 bits per heavy atom. The van der Waals surface area contributed by atoms with Crippen molar-refractivity contribution in [3.05, 3.63) is 52.3 Å². The Labute approximate surface area is 166 Å². The van der Waals surface area contributed by atoms with Crippen molar-refractivity contribution in [1.29, 1.82) is 0 Å². The number of methoxy groups -OCH3 is 1. The van der Waals surface area contributed by atoms with Crippen LogP contribution in [0.2, 0.25) is 5.02 Å². The summed E-state index contributed by atoms with van der Waals surface area (Å²) < 4.78 is 6.94. The van der Waals surface area contributed by atoms with E-state index >= 15 is 0 Å². The Morgan fingerprint density at radius 2 is 1.82 bits per heavy atom. The van der Waals surface area contributed by atoms with Gasteiger partial charge >= 0.3 is 0 Å². The minimum absolute atomic E-state index is 0.151. The summed E-state index contributed by atoms with van der Waals surface area (Å²) in [5.74, 6) is -0.703. The van der Waals surface area contributed by atoms with Crippen LogP contribution in [0.25, 0.3) is 11.0 Å². The molecular formula is C19H20ClN5O3. The zero-order chi connectivity index (χ0) is 20.4. The fourth-order valence-electron chi connectivity index (χ4n) is 2.77. The molecule has 28 heavy (non-hydrogen) atoms. The van der Waals surface area contributed by atoms with Gasteiger partial charge in [-0.3, -0.25) is 20.4 Å². The quantitative estimate of drug-likeness (QED) is 0.655. The molecule has 8 nitrogen and oxygen atoms in total. The number of ether oxygens (including phenoxy) is 1. The molecule has 2 N–H and O–H groups in total. The van der Waals surface area contributed by atoms with Crippen molar-refractivity contribution in [2.75, 3.05) is 7.11 Å². The van der Waals surface area contributed by atoms with Gasteiger partial charge in [-0.15, -0.1) is 0 Å². The molecule has 3 aromatic rings. The molecule has 0 saturated carbocycles. The third kappa shape index (κ3) is 3.77. The van der Waals surface area contributed by atoms with Crippen LogP contribution >= 0.6 is 11.6 Å². The van der Waals surface area contributed by atoms with Gasteiger partial charge in [0.15, 0.2) is 5.65 Å². The van der Waals surface area contributed by atoms with Crippen LogP contribution in [0.1, 0.15) is 46.3 Å². The molecule has 1 aromatic carbocycles. The van der Waals surface area contributed by atoms with Gasteiger partial charge in [0, 0.05) is 16.5 Å². The highest BCUT2D eigenvalue weighted by Crippen LogP contribution is 2.23. The number of benzene rings is 1. The number of carbonyl (C=O) groups excluding carboxylic acids is 2. The van der Waals surface area contributed by atoms with Crippen molar-refractivity contribution in [2.24, 2.45) is 0 Å². The standard InChI is InChI=1S/C19H20ClN5O3/c1-10(2)25-17-12(9-21-25)7-15(11(3)22-17)19(27)24-23-18(26)14-6-5-13(20)8-16(14)28-4/h5-10H,1-4H3,(H,23,26)(H,24,27). The molecule has 0 fully saturated rings. The summed E-state index contributed by atoms with van der Waals surface area (Å²) >= 11 is 5.90. The fourth-order valence-corrected chi connectivity index (χ4v) is 2.94. The molecule has 0 aliphatic rings. The van der Waals surface area contributed by atoms with Gasteiger partial charge in [-0.1, -0.05) is 11.6 Å². The van der Waals surface area contributed by atoms with Gasteiger partial charge in [0.1, 0.15) is 5.75 Å². The molecule has 0 saturated heterocycles. The Balaban J connectivity index is 1.78. The lowest BCUT2D eigenvalue weighted by molar-refractivity contribution is 0.0844. The molecule has 0 atom stereocenters. The molecule has 2 aromatic heterocycles. The number of pyridine rings is 1. The first-order chi connectivity index (χ1) is 13.3. The lowest BCUT2D eigenvalue weighted by Gasteiger charge is -2.12. The van der Waals surface area contributed by atoms with E-state index in [1.807, 2.05) is 13.8 Å². The molecule has 2 heterocycles. The number of nitrogens with one attached hydrogen (secondary N) is 2. The van der Waals surface area contributed by atoms with Crippen LogP contribution in [0.4, 0.5) is 0 Å². The number of aryl methyl sites for hydroxylation is 1. The van der Waals surface area contributed by atoms with Crippen molar-refractivity contribution >= 4 is 34.4 Å². The number of amides is 2. The Bertz CT molecular complexity index is 1060.